The van der Waals surface area contributed by atoms with E-state index in [1.165, 1.54) is 6.92 Å². The maximum atomic E-state index is 11.8. The van der Waals surface area contributed by atoms with Gasteiger partial charge in [-0.1, -0.05) is 13.8 Å². The molecule has 0 bridgehead atoms. The standard InChI is InChI=1S/C17H21N3O5/c1-11(2)9-19-17(23)20-15(21)10-24-16(22)12(3)25-14-6-4-13(8-18)5-7-14/h4-7,11-12H,9-10H2,1-3H3,(H2,19,20,21,23)/t12-/m0/s1. The number of ether oxygens (including phenoxy) is 2. The predicted octanol–water partition coefficient (Wildman–Crippen LogP) is 1.35. The van der Waals surface area contributed by atoms with Crippen molar-refractivity contribution in [3.8, 4) is 11.8 Å². The first-order chi connectivity index (χ1) is 11.8. The van der Waals surface area contributed by atoms with Crippen LogP contribution in [-0.2, 0) is 14.3 Å². The largest absolute Gasteiger partial charge is 0.479 e. The van der Waals surface area contributed by atoms with Crippen molar-refractivity contribution in [2.45, 2.75) is 26.9 Å². The van der Waals surface area contributed by atoms with E-state index in [2.05, 4.69) is 10.6 Å². The van der Waals surface area contributed by atoms with E-state index in [1.54, 1.807) is 24.3 Å². The van der Waals surface area contributed by atoms with Crippen LogP contribution >= 0.6 is 0 Å². The molecule has 0 spiro atoms. The Hall–Kier alpha value is -3.08. The molecule has 134 valence electrons. The number of esters is 1. The molecule has 8 nitrogen and oxygen atoms in total. The molecule has 1 rings (SSSR count). The number of hydrogen-bond donors (Lipinski definition) is 2. The van der Waals surface area contributed by atoms with E-state index in [0.717, 1.165) is 0 Å². The Balaban J connectivity index is 2.35. The molecular weight excluding hydrogens is 326 g/mol. The molecule has 3 amide bonds. The van der Waals surface area contributed by atoms with Gasteiger partial charge in [-0.3, -0.25) is 10.1 Å². The molecule has 0 saturated carbocycles. The third-order valence-corrected chi connectivity index (χ3v) is 2.90. The summed E-state index contributed by atoms with van der Waals surface area (Å²) in [6, 6.07) is 7.53. The molecule has 0 heterocycles. The Morgan fingerprint density at radius 2 is 1.80 bits per heavy atom. The van der Waals surface area contributed by atoms with E-state index in [4.69, 9.17) is 14.7 Å². The minimum atomic E-state index is -0.949. The highest BCUT2D eigenvalue weighted by Crippen LogP contribution is 2.13. The molecule has 0 aliphatic rings. The molecule has 0 saturated heterocycles. The number of carbonyl (C=O) groups excluding carboxylic acids is 3. The third kappa shape index (κ3) is 7.83. The van der Waals surface area contributed by atoms with Gasteiger partial charge in [-0.15, -0.1) is 0 Å². The van der Waals surface area contributed by atoms with Crippen LogP contribution in [-0.4, -0.2) is 37.2 Å². The first-order valence-electron chi connectivity index (χ1n) is 7.73. The van der Waals surface area contributed by atoms with E-state index < -0.39 is 30.6 Å². The lowest BCUT2D eigenvalue weighted by Gasteiger charge is -2.14. The van der Waals surface area contributed by atoms with E-state index >= 15 is 0 Å². The fraction of sp³-hybridized carbons (Fsp3) is 0.412. The first-order valence-corrected chi connectivity index (χ1v) is 7.73. The van der Waals surface area contributed by atoms with Gasteiger partial charge < -0.3 is 14.8 Å². The molecule has 25 heavy (non-hydrogen) atoms. The number of urea groups is 1. The smallest absolute Gasteiger partial charge is 0.347 e. The molecular formula is C17H21N3O5. The fourth-order valence-electron chi connectivity index (χ4n) is 1.62. The topological polar surface area (TPSA) is 118 Å². The molecule has 2 N–H and O–H groups in total. The number of nitriles is 1. The van der Waals surface area contributed by atoms with Crippen molar-refractivity contribution < 1.29 is 23.9 Å². The van der Waals surface area contributed by atoms with Gasteiger partial charge in [0, 0.05) is 6.54 Å². The Morgan fingerprint density at radius 1 is 1.16 bits per heavy atom. The van der Waals surface area contributed by atoms with Crippen LogP contribution in [0.15, 0.2) is 24.3 Å². The number of carbonyl (C=O) groups is 3. The van der Waals surface area contributed by atoms with Gasteiger partial charge in [-0.05, 0) is 37.1 Å². The van der Waals surface area contributed by atoms with Crippen LogP contribution < -0.4 is 15.4 Å². The van der Waals surface area contributed by atoms with E-state index in [1.807, 2.05) is 19.9 Å². The van der Waals surface area contributed by atoms with Crippen LogP contribution in [0.5, 0.6) is 5.75 Å². The lowest BCUT2D eigenvalue weighted by molar-refractivity contribution is -0.154. The molecule has 0 aliphatic carbocycles. The summed E-state index contributed by atoms with van der Waals surface area (Å²) < 4.78 is 10.2. The number of nitrogens with zero attached hydrogens (tertiary/aromatic N) is 1. The average molecular weight is 347 g/mol. The van der Waals surface area contributed by atoms with Crippen LogP contribution in [0.2, 0.25) is 0 Å². The number of amides is 3. The van der Waals surface area contributed by atoms with Crippen LogP contribution in [0.1, 0.15) is 26.3 Å². The van der Waals surface area contributed by atoms with Crippen molar-refractivity contribution >= 4 is 17.9 Å². The Morgan fingerprint density at radius 3 is 2.36 bits per heavy atom. The van der Waals surface area contributed by atoms with Crippen LogP contribution in [0.25, 0.3) is 0 Å². The molecule has 1 aromatic rings. The predicted molar refractivity (Wildman–Crippen MR) is 88.6 cm³/mol. The van der Waals surface area contributed by atoms with Crippen LogP contribution in [0, 0.1) is 17.2 Å². The zero-order valence-corrected chi connectivity index (χ0v) is 14.4. The van der Waals surface area contributed by atoms with Gasteiger partial charge in [0.25, 0.3) is 5.91 Å². The molecule has 1 atom stereocenters. The Kier molecular flexibility index (Phi) is 7.93. The number of hydrogen-bond acceptors (Lipinski definition) is 6. The highest BCUT2D eigenvalue weighted by molar-refractivity contribution is 5.95. The quantitative estimate of drug-likeness (QED) is 0.719. The lowest BCUT2D eigenvalue weighted by Crippen LogP contribution is -2.43. The second-order valence-electron chi connectivity index (χ2n) is 5.66. The molecule has 0 radical (unpaired) electrons. The monoisotopic (exact) mass is 347 g/mol. The normalized spacial score (nSPS) is 11.2. The summed E-state index contributed by atoms with van der Waals surface area (Å²) in [5.74, 6) is -0.845. The maximum absolute atomic E-state index is 11.8. The second kappa shape index (κ2) is 9.93. The van der Waals surface area contributed by atoms with Crippen LogP contribution in [0.3, 0.4) is 0 Å². The molecule has 0 aliphatic heterocycles. The Labute approximate surface area is 146 Å². The minimum absolute atomic E-state index is 0.249. The van der Waals surface area contributed by atoms with Crippen LogP contribution in [0.4, 0.5) is 4.79 Å². The average Bonchev–Trinajstić information content (AvgIpc) is 2.58. The van der Waals surface area contributed by atoms with E-state index in [0.29, 0.717) is 17.9 Å². The highest BCUT2D eigenvalue weighted by Gasteiger charge is 2.18. The zero-order valence-electron chi connectivity index (χ0n) is 14.4. The van der Waals surface area contributed by atoms with Gasteiger partial charge >= 0.3 is 12.0 Å². The number of rotatable bonds is 7. The van der Waals surface area contributed by atoms with Gasteiger partial charge in [0.15, 0.2) is 12.7 Å². The SMILES string of the molecule is CC(C)CNC(=O)NC(=O)COC(=O)[C@H](C)Oc1ccc(C#N)cc1. The lowest BCUT2D eigenvalue weighted by atomic mass is 10.2. The number of benzene rings is 1. The summed E-state index contributed by atoms with van der Waals surface area (Å²) in [5, 5.41) is 13.3. The molecule has 0 unspecified atom stereocenters. The summed E-state index contributed by atoms with van der Waals surface area (Å²) >= 11 is 0. The van der Waals surface area contributed by atoms with Gasteiger partial charge in [-0.25, -0.2) is 9.59 Å². The van der Waals surface area contributed by atoms with Crippen molar-refractivity contribution in [2.75, 3.05) is 13.2 Å². The molecule has 0 aromatic heterocycles. The van der Waals surface area contributed by atoms with Gasteiger partial charge in [0.2, 0.25) is 0 Å². The zero-order chi connectivity index (χ0) is 18.8. The summed E-state index contributed by atoms with van der Waals surface area (Å²) in [6.07, 6.45) is -0.949. The van der Waals surface area contributed by atoms with Crippen molar-refractivity contribution in [3.05, 3.63) is 29.8 Å². The van der Waals surface area contributed by atoms with E-state index in [9.17, 15) is 14.4 Å². The highest BCUT2D eigenvalue weighted by atomic mass is 16.6. The molecule has 1 aromatic carbocycles. The molecule has 0 fully saturated rings. The summed E-state index contributed by atoms with van der Waals surface area (Å²) in [4.78, 5) is 34.7. The minimum Gasteiger partial charge on any atom is -0.479 e. The van der Waals surface area contributed by atoms with Gasteiger partial charge in [0.05, 0.1) is 11.6 Å². The van der Waals surface area contributed by atoms with Crippen molar-refractivity contribution in [2.24, 2.45) is 5.92 Å². The van der Waals surface area contributed by atoms with Crippen molar-refractivity contribution in [3.63, 3.8) is 0 Å². The first kappa shape index (κ1) is 20.0. The summed E-state index contributed by atoms with van der Waals surface area (Å²) in [7, 11) is 0. The fourth-order valence-corrected chi connectivity index (χ4v) is 1.62. The number of nitrogens with one attached hydrogen (secondary N) is 2. The third-order valence-electron chi connectivity index (χ3n) is 2.90. The summed E-state index contributed by atoms with van der Waals surface area (Å²) in [5.41, 5.74) is 0.468. The maximum Gasteiger partial charge on any atom is 0.347 e. The summed E-state index contributed by atoms with van der Waals surface area (Å²) in [6.45, 7) is 5.13. The van der Waals surface area contributed by atoms with Gasteiger partial charge in [-0.2, -0.15) is 5.26 Å². The van der Waals surface area contributed by atoms with Crippen molar-refractivity contribution in [1.29, 1.82) is 5.26 Å². The second-order valence-corrected chi connectivity index (χ2v) is 5.66. The van der Waals surface area contributed by atoms with E-state index in [-0.39, 0.29) is 5.92 Å². The molecule has 8 heteroatoms. The number of imide groups is 1. The van der Waals surface area contributed by atoms with Gasteiger partial charge in [0.1, 0.15) is 5.75 Å². The van der Waals surface area contributed by atoms with Crippen molar-refractivity contribution in [1.82, 2.24) is 10.6 Å². The Bertz CT molecular complexity index is 649.